The highest BCUT2D eigenvalue weighted by Gasteiger charge is 2.52. The number of halogens is 1. The highest BCUT2D eigenvalue weighted by atomic mass is 32.2. The molecular formula is C21H17FN2O3S. The van der Waals surface area contributed by atoms with E-state index in [1.165, 1.54) is 40.9 Å². The highest BCUT2D eigenvalue weighted by molar-refractivity contribution is 8.03. The van der Waals surface area contributed by atoms with Crippen LogP contribution in [0.2, 0.25) is 0 Å². The van der Waals surface area contributed by atoms with Crippen molar-refractivity contribution in [3.63, 3.8) is 0 Å². The molecule has 2 unspecified atom stereocenters. The molecule has 2 heterocycles. The molecule has 0 radical (unpaired) electrons. The molecule has 0 aromatic heterocycles. The van der Waals surface area contributed by atoms with Gasteiger partial charge in [-0.25, -0.2) is 4.39 Å². The maximum Gasteiger partial charge on any atom is 0.231 e. The van der Waals surface area contributed by atoms with Gasteiger partial charge in [-0.1, -0.05) is 30.3 Å². The molecule has 0 aliphatic carbocycles. The van der Waals surface area contributed by atoms with Crippen LogP contribution in [-0.4, -0.2) is 28.8 Å². The van der Waals surface area contributed by atoms with Crippen molar-refractivity contribution in [1.82, 2.24) is 4.90 Å². The number of carbonyl (C=O) groups is 1. The minimum absolute atomic E-state index is 0.0385. The minimum atomic E-state index is -1.61. The number of rotatable bonds is 3. The number of allylic oxidation sites excluding steroid dienone is 1. The summed E-state index contributed by atoms with van der Waals surface area (Å²) in [6, 6.07) is 15.0. The third-order valence-electron chi connectivity index (χ3n) is 5.13. The molecule has 0 saturated carbocycles. The Labute approximate surface area is 166 Å². The number of hydrogen-bond donors (Lipinski definition) is 1. The SMILES string of the molecule is COc1ccccc1C1CC(=O)N2C(=C1C#N)SCC2(O)c1ccc(F)cc1. The lowest BCUT2D eigenvalue weighted by molar-refractivity contribution is -0.149. The number of fused-ring (bicyclic) bond motifs is 1. The van der Waals surface area contributed by atoms with Crippen molar-refractivity contribution in [2.75, 3.05) is 12.9 Å². The van der Waals surface area contributed by atoms with Gasteiger partial charge in [0.05, 0.1) is 29.5 Å². The Bertz CT molecular complexity index is 1020. The fourth-order valence-corrected chi connectivity index (χ4v) is 5.13. The van der Waals surface area contributed by atoms with E-state index < -0.39 is 17.5 Å². The van der Waals surface area contributed by atoms with Crippen molar-refractivity contribution in [2.24, 2.45) is 0 Å². The summed E-state index contributed by atoms with van der Waals surface area (Å²) >= 11 is 1.26. The van der Waals surface area contributed by atoms with Crippen LogP contribution in [-0.2, 0) is 10.5 Å². The number of nitriles is 1. The topological polar surface area (TPSA) is 73.6 Å². The summed E-state index contributed by atoms with van der Waals surface area (Å²) in [5, 5.41) is 21.6. The lowest BCUT2D eigenvalue weighted by Gasteiger charge is -2.38. The van der Waals surface area contributed by atoms with E-state index in [1.54, 1.807) is 13.2 Å². The van der Waals surface area contributed by atoms with Gasteiger partial charge in [-0.05, 0) is 18.2 Å². The van der Waals surface area contributed by atoms with Crippen LogP contribution < -0.4 is 4.74 Å². The van der Waals surface area contributed by atoms with Gasteiger partial charge in [0.25, 0.3) is 0 Å². The molecule has 1 amide bonds. The van der Waals surface area contributed by atoms with Crippen molar-refractivity contribution >= 4 is 17.7 Å². The third kappa shape index (κ3) is 2.77. The summed E-state index contributed by atoms with van der Waals surface area (Å²) in [6.45, 7) is 0. The van der Waals surface area contributed by atoms with E-state index >= 15 is 0 Å². The molecule has 142 valence electrons. The predicted molar refractivity (Wildman–Crippen MR) is 103 cm³/mol. The lowest BCUT2D eigenvalue weighted by Crippen LogP contribution is -2.48. The monoisotopic (exact) mass is 396 g/mol. The molecule has 1 N–H and O–H groups in total. The maximum absolute atomic E-state index is 13.3. The highest BCUT2D eigenvalue weighted by Crippen LogP contribution is 2.52. The molecule has 2 aliphatic heterocycles. The zero-order chi connectivity index (χ0) is 19.9. The summed E-state index contributed by atoms with van der Waals surface area (Å²) in [5.74, 6) is -0.375. The summed E-state index contributed by atoms with van der Waals surface area (Å²) in [4.78, 5) is 14.4. The Balaban J connectivity index is 1.82. The number of carbonyl (C=O) groups excluding carboxylic acids is 1. The molecule has 28 heavy (non-hydrogen) atoms. The standard InChI is InChI=1S/C21H17FN2O3S/c1-27-18-5-3-2-4-15(18)16-10-19(25)24-20(17(16)11-23)28-12-21(24,26)13-6-8-14(22)9-7-13/h2-9,16,26H,10,12H2,1H3. The van der Waals surface area contributed by atoms with E-state index in [1.807, 2.05) is 18.2 Å². The molecule has 2 aromatic carbocycles. The average Bonchev–Trinajstić information content (AvgIpc) is 3.07. The number of methoxy groups -OCH3 is 1. The van der Waals surface area contributed by atoms with Crippen LogP contribution in [0.1, 0.15) is 23.5 Å². The van der Waals surface area contributed by atoms with Crippen molar-refractivity contribution in [3.8, 4) is 11.8 Å². The van der Waals surface area contributed by atoms with Crippen molar-refractivity contribution < 1.29 is 19.0 Å². The van der Waals surface area contributed by atoms with Crippen molar-refractivity contribution in [3.05, 3.63) is 76.1 Å². The van der Waals surface area contributed by atoms with Gasteiger partial charge in [0.15, 0.2) is 5.72 Å². The zero-order valence-electron chi connectivity index (χ0n) is 15.1. The summed E-state index contributed by atoms with van der Waals surface area (Å²) in [5.41, 5.74) is -0.0108. The van der Waals surface area contributed by atoms with Gasteiger partial charge in [0.2, 0.25) is 5.91 Å². The Morgan fingerprint density at radius 3 is 2.68 bits per heavy atom. The van der Waals surface area contributed by atoms with Crippen LogP contribution in [0.3, 0.4) is 0 Å². The second-order valence-electron chi connectivity index (χ2n) is 6.67. The zero-order valence-corrected chi connectivity index (χ0v) is 15.9. The fraction of sp³-hybridized carbons (Fsp3) is 0.238. The normalized spacial score (nSPS) is 24.1. The van der Waals surface area contributed by atoms with Gasteiger partial charge < -0.3 is 9.84 Å². The molecule has 2 aromatic rings. The van der Waals surface area contributed by atoms with Gasteiger partial charge in [0.1, 0.15) is 11.6 Å². The number of aliphatic hydroxyl groups is 1. The van der Waals surface area contributed by atoms with Crippen LogP contribution in [0.4, 0.5) is 4.39 Å². The molecule has 1 fully saturated rings. The first kappa shape index (κ1) is 18.5. The largest absolute Gasteiger partial charge is 0.496 e. The second-order valence-corrected chi connectivity index (χ2v) is 7.63. The first-order valence-corrected chi connectivity index (χ1v) is 9.69. The van der Waals surface area contributed by atoms with Gasteiger partial charge in [-0.2, -0.15) is 5.26 Å². The van der Waals surface area contributed by atoms with E-state index in [0.29, 0.717) is 21.9 Å². The molecule has 0 spiro atoms. The molecule has 0 bridgehead atoms. The molecular weight excluding hydrogens is 379 g/mol. The van der Waals surface area contributed by atoms with Crippen LogP contribution in [0, 0.1) is 17.1 Å². The Kier molecular flexibility index (Phi) is 4.61. The number of benzene rings is 2. The number of nitrogens with zero attached hydrogens (tertiary/aromatic N) is 2. The first-order chi connectivity index (χ1) is 13.5. The predicted octanol–water partition coefficient (Wildman–Crippen LogP) is 3.48. The maximum atomic E-state index is 13.3. The molecule has 5 nitrogen and oxygen atoms in total. The number of ether oxygens (including phenoxy) is 1. The van der Waals surface area contributed by atoms with Crippen molar-refractivity contribution in [2.45, 2.75) is 18.1 Å². The van der Waals surface area contributed by atoms with E-state index in [9.17, 15) is 19.6 Å². The summed E-state index contributed by atoms with van der Waals surface area (Å²) < 4.78 is 18.7. The summed E-state index contributed by atoms with van der Waals surface area (Å²) in [7, 11) is 1.55. The number of para-hydroxylation sites is 1. The van der Waals surface area contributed by atoms with Gasteiger partial charge in [-0.3, -0.25) is 9.69 Å². The minimum Gasteiger partial charge on any atom is -0.496 e. The fourth-order valence-electron chi connectivity index (χ4n) is 3.78. The smallest absolute Gasteiger partial charge is 0.231 e. The molecule has 2 aliphatic rings. The van der Waals surface area contributed by atoms with Crippen LogP contribution >= 0.6 is 11.8 Å². The van der Waals surface area contributed by atoms with E-state index in [0.717, 1.165) is 5.56 Å². The number of hydrogen-bond acceptors (Lipinski definition) is 5. The second kappa shape index (κ2) is 6.97. The molecule has 7 heteroatoms. The average molecular weight is 396 g/mol. The lowest BCUT2D eigenvalue weighted by atomic mass is 9.85. The summed E-state index contributed by atoms with van der Waals surface area (Å²) in [6.07, 6.45) is 0.0385. The van der Waals surface area contributed by atoms with Crippen LogP contribution in [0.25, 0.3) is 0 Å². The third-order valence-corrected chi connectivity index (χ3v) is 6.35. The Hall–Kier alpha value is -2.82. The Morgan fingerprint density at radius 2 is 2.00 bits per heavy atom. The van der Waals surface area contributed by atoms with Crippen molar-refractivity contribution in [1.29, 1.82) is 5.26 Å². The van der Waals surface area contributed by atoms with E-state index in [4.69, 9.17) is 4.74 Å². The molecule has 4 rings (SSSR count). The van der Waals surface area contributed by atoms with E-state index in [2.05, 4.69) is 6.07 Å². The number of thioether (sulfide) groups is 1. The Morgan fingerprint density at radius 1 is 1.29 bits per heavy atom. The van der Waals surface area contributed by atoms with Crippen LogP contribution in [0.5, 0.6) is 5.75 Å². The van der Waals surface area contributed by atoms with Gasteiger partial charge in [-0.15, -0.1) is 11.8 Å². The van der Waals surface area contributed by atoms with E-state index in [-0.39, 0.29) is 18.1 Å². The number of amides is 1. The van der Waals surface area contributed by atoms with Crippen LogP contribution in [0.15, 0.2) is 59.1 Å². The quantitative estimate of drug-likeness (QED) is 0.860. The van der Waals surface area contributed by atoms with Gasteiger partial charge in [0, 0.05) is 23.5 Å². The molecule has 2 atom stereocenters. The van der Waals surface area contributed by atoms with Gasteiger partial charge >= 0.3 is 0 Å². The molecule has 1 saturated heterocycles. The first-order valence-electron chi connectivity index (χ1n) is 8.71.